The van der Waals surface area contributed by atoms with Gasteiger partial charge in [-0.1, -0.05) is 92.2 Å². The summed E-state index contributed by atoms with van der Waals surface area (Å²) in [5.74, 6) is 0.0454. The summed E-state index contributed by atoms with van der Waals surface area (Å²) in [6.45, 7) is 7.82. The van der Waals surface area contributed by atoms with Gasteiger partial charge in [-0.2, -0.15) is 0 Å². The maximum Gasteiger partial charge on any atom is 0.247 e. The topological polar surface area (TPSA) is 56.4 Å². The Balaban J connectivity index is 1.51. The molecule has 0 fully saturated rings. The van der Waals surface area contributed by atoms with Gasteiger partial charge in [-0.05, 0) is 48.1 Å². The van der Waals surface area contributed by atoms with E-state index < -0.39 is 0 Å². The Hall–Kier alpha value is -4.12. The summed E-state index contributed by atoms with van der Waals surface area (Å²) in [6.07, 6.45) is 6.14. The molecule has 0 radical (unpaired) electrons. The standard InChI is InChI=1S/C33H37N3O2/c1-25(2)22-36(32(37)18-17-27-9-5-4-6-10-27)24-33(38)35(23-28-15-13-26(3)14-16-28)20-19-29-21-34-31-12-8-7-11-30(29)31/h4-18,21,25,34H,19-20,22-24H2,1-3H3/b18-17+. The number of carbonyl (C=O) groups excluding carboxylic acids is 2. The van der Waals surface area contributed by atoms with Crippen LogP contribution in [0.4, 0.5) is 0 Å². The van der Waals surface area contributed by atoms with E-state index in [2.05, 4.69) is 62.2 Å². The van der Waals surface area contributed by atoms with Crippen LogP contribution in [0, 0.1) is 12.8 Å². The summed E-state index contributed by atoms with van der Waals surface area (Å²) >= 11 is 0. The number of hydrogen-bond donors (Lipinski definition) is 1. The summed E-state index contributed by atoms with van der Waals surface area (Å²) in [7, 11) is 0. The maximum absolute atomic E-state index is 13.7. The molecule has 4 rings (SSSR count). The van der Waals surface area contributed by atoms with Crippen molar-refractivity contribution in [2.24, 2.45) is 5.92 Å². The smallest absolute Gasteiger partial charge is 0.247 e. The number of aromatic amines is 1. The summed E-state index contributed by atoms with van der Waals surface area (Å²) < 4.78 is 0. The van der Waals surface area contributed by atoms with Gasteiger partial charge in [0, 0.05) is 42.8 Å². The molecule has 0 bridgehead atoms. The molecule has 0 aliphatic heterocycles. The van der Waals surface area contributed by atoms with E-state index in [9.17, 15) is 9.59 Å². The third-order valence-corrected chi connectivity index (χ3v) is 6.61. The highest BCUT2D eigenvalue weighted by Gasteiger charge is 2.21. The van der Waals surface area contributed by atoms with Crippen LogP contribution in [-0.4, -0.2) is 46.2 Å². The van der Waals surface area contributed by atoms with Gasteiger partial charge < -0.3 is 14.8 Å². The van der Waals surface area contributed by atoms with Crippen molar-refractivity contribution in [1.82, 2.24) is 14.8 Å². The maximum atomic E-state index is 13.7. The van der Waals surface area contributed by atoms with E-state index >= 15 is 0 Å². The molecule has 5 heteroatoms. The fourth-order valence-corrected chi connectivity index (χ4v) is 4.57. The number of nitrogens with one attached hydrogen (secondary N) is 1. The molecular weight excluding hydrogens is 470 g/mol. The van der Waals surface area contributed by atoms with E-state index in [0.717, 1.165) is 23.1 Å². The number of carbonyl (C=O) groups is 2. The van der Waals surface area contributed by atoms with E-state index in [0.29, 0.717) is 19.6 Å². The normalized spacial score (nSPS) is 11.4. The third-order valence-electron chi connectivity index (χ3n) is 6.61. The molecule has 1 N–H and O–H groups in total. The highest BCUT2D eigenvalue weighted by atomic mass is 16.2. The first-order valence-corrected chi connectivity index (χ1v) is 13.3. The zero-order valence-corrected chi connectivity index (χ0v) is 22.6. The van der Waals surface area contributed by atoms with Crippen molar-refractivity contribution in [3.8, 4) is 0 Å². The number of amides is 2. The number of para-hydroxylation sites is 1. The Morgan fingerprint density at radius 1 is 0.895 bits per heavy atom. The minimum Gasteiger partial charge on any atom is -0.361 e. The molecule has 196 valence electrons. The fourth-order valence-electron chi connectivity index (χ4n) is 4.57. The largest absolute Gasteiger partial charge is 0.361 e. The first-order valence-electron chi connectivity index (χ1n) is 13.3. The highest BCUT2D eigenvalue weighted by molar-refractivity contribution is 5.94. The van der Waals surface area contributed by atoms with E-state index in [-0.39, 0.29) is 24.3 Å². The number of rotatable bonds is 11. The number of fused-ring (bicyclic) bond motifs is 1. The van der Waals surface area contributed by atoms with E-state index in [4.69, 9.17) is 0 Å². The molecule has 5 nitrogen and oxygen atoms in total. The Bertz CT molecular complexity index is 1370. The average molecular weight is 508 g/mol. The number of aryl methyl sites for hydroxylation is 1. The van der Waals surface area contributed by atoms with Gasteiger partial charge in [-0.15, -0.1) is 0 Å². The molecule has 3 aromatic carbocycles. The second-order valence-corrected chi connectivity index (χ2v) is 10.3. The highest BCUT2D eigenvalue weighted by Crippen LogP contribution is 2.19. The summed E-state index contributed by atoms with van der Waals surface area (Å²) in [5, 5.41) is 1.18. The molecule has 2 amide bonds. The summed E-state index contributed by atoms with van der Waals surface area (Å²) in [6, 6.07) is 26.2. The van der Waals surface area contributed by atoms with Crippen LogP contribution < -0.4 is 0 Å². The van der Waals surface area contributed by atoms with Gasteiger partial charge in [0.2, 0.25) is 11.8 Å². The lowest BCUT2D eigenvalue weighted by atomic mass is 10.1. The van der Waals surface area contributed by atoms with E-state index in [1.54, 1.807) is 17.1 Å². The van der Waals surface area contributed by atoms with Crippen LogP contribution in [0.25, 0.3) is 17.0 Å². The molecule has 0 aliphatic carbocycles. The first-order chi connectivity index (χ1) is 18.4. The van der Waals surface area contributed by atoms with E-state index in [1.807, 2.05) is 53.6 Å². The van der Waals surface area contributed by atoms with Crippen LogP contribution in [0.5, 0.6) is 0 Å². The zero-order valence-electron chi connectivity index (χ0n) is 22.6. The Morgan fingerprint density at radius 3 is 2.34 bits per heavy atom. The van der Waals surface area contributed by atoms with Crippen LogP contribution in [-0.2, 0) is 22.6 Å². The van der Waals surface area contributed by atoms with Crippen molar-refractivity contribution in [1.29, 1.82) is 0 Å². The predicted octanol–water partition coefficient (Wildman–Crippen LogP) is 6.25. The molecule has 38 heavy (non-hydrogen) atoms. The second-order valence-electron chi connectivity index (χ2n) is 10.3. The molecular formula is C33H37N3O2. The van der Waals surface area contributed by atoms with Crippen LogP contribution in [0.2, 0.25) is 0 Å². The van der Waals surface area contributed by atoms with Crippen molar-refractivity contribution >= 4 is 28.8 Å². The average Bonchev–Trinajstić information content (AvgIpc) is 3.33. The van der Waals surface area contributed by atoms with E-state index in [1.165, 1.54) is 16.5 Å². The van der Waals surface area contributed by atoms with Crippen molar-refractivity contribution < 1.29 is 9.59 Å². The molecule has 0 aliphatic rings. The molecule has 0 spiro atoms. The van der Waals surface area contributed by atoms with Crippen LogP contribution in [0.3, 0.4) is 0 Å². The van der Waals surface area contributed by atoms with Gasteiger partial charge in [0.05, 0.1) is 0 Å². The van der Waals surface area contributed by atoms with Crippen molar-refractivity contribution in [3.63, 3.8) is 0 Å². The molecule has 0 unspecified atom stereocenters. The minimum atomic E-state index is -0.150. The molecule has 0 atom stereocenters. The molecule has 0 saturated carbocycles. The van der Waals surface area contributed by atoms with Crippen LogP contribution in [0.15, 0.2) is 91.1 Å². The number of hydrogen-bond acceptors (Lipinski definition) is 2. The quantitative estimate of drug-likeness (QED) is 0.244. The van der Waals surface area contributed by atoms with Gasteiger partial charge in [0.15, 0.2) is 0 Å². The zero-order chi connectivity index (χ0) is 26.9. The SMILES string of the molecule is Cc1ccc(CN(CCc2c[nH]c3ccccc23)C(=O)CN(CC(C)C)C(=O)/C=C/c2ccccc2)cc1. The number of aromatic nitrogens is 1. The lowest BCUT2D eigenvalue weighted by Crippen LogP contribution is -2.44. The minimum absolute atomic E-state index is 0.0486. The third kappa shape index (κ3) is 7.45. The molecule has 4 aromatic rings. The lowest BCUT2D eigenvalue weighted by molar-refractivity contribution is -0.139. The first kappa shape index (κ1) is 26.9. The second kappa shape index (κ2) is 12.9. The van der Waals surface area contributed by atoms with Gasteiger partial charge in [-0.25, -0.2) is 0 Å². The molecule has 1 heterocycles. The fraction of sp³-hybridized carbons (Fsp3) is 0.273. The van der Waals surface area contributed by atoms with Gasteiger partial charge in [0.25, 0.3) is 0 Å². The number of H-pyrrole nitrogens is 1. The lowest BCUT2D eigenvalue weighted by Gasteiger charge is -2.28. The number of benzene rings is 3. The van der Waals surface area contributed by atoms with Crippen molar-refractivity contribution in [3.05, 3.63) is 113 Å². The Labute approximate surface area is 225 Å². The molecule has 0 saturated heterocycles. The van der Waals surface area contributed by atoms with Crippen LogP contribution in [0.1, 0.15) is 36.1 Å². The summed E-state index contributed by atoms with van der Waals surface area (Å²) in [5.41, 5.74) is 5.50. The molecule has 1 aromatic heterocycles. The monoisotopic (exact) mass is 507 g/mol. The Morgan fingerprint density at radius 2 is 1.61 bits per heavy atom. The number of nitrogens with zero attached hydrogens (tertiary/aromatic N) is 2. The van der Waals surface area contributed by atoms with Crippen LogP contribution >= 0.6 is 0 Å². The van der Waals surface area contributed by atoms with Crippen molar-refractivity contribution in [2.75, 3.05) is 19.6 Å². The van der Waals surface area contributed by atoms with Gasteiger partial charge in [-0.3, -0.25) is 9.59 Å². The Kier molecular flexibility index (Phi) is 9.15. The van der Waals surface area contributed by atoms with Gasteiger partial charge in [0.1, 0.15) is 6.54 Å². The van der Waals surface area contributed by atoms with Crippen molar-refractivity contribution in [2.45, 2.75) is 33.7 Å². The van der Waals surface area contributed by atoms with Gasteiger partial charge >= 0.3 is 0 Å². The summed E-state index contributed by atoms with van der Waals surface area (Å²) in [4.78, 5) is 33.7. The predicted molar refractivity (Wildman–Crippen MR) is 155 cm³/mol.